The van der Waals surface area contributed by atoms with Crippen LogP contribution in [0.25, 0.3) is 0 Å². The Morgan fingerprint density at radius 2 is 1.77 bits per heavy atom. The minimum absolute atomic E-state index is 0.676. The molecule has 0 aromatic carbocycles. The molecule has 0 rings (SSSR count). The zero-order valence-corrected chi connectivity index (χ0v) is 9.59. The maximum Gasteiger partial charge on any atom is -0.0136 e. The fourth-order valence-corrected chi connectivity index (χ4v) is 1.09. The molecule has 0 bridgehead atoms. The fraction of sp³-hybridized carbons (Fsp3) is 0.538. The monoisotopic (exact) mass is 178 g/mol. The summed E-state index contributed by atoms with van der Waals surface area (Å²) in [7, 11) is 0. The minimum Gasteiger partial charge on any atom is -0.0877 e. The Morgan fingerprint density at radius 1 is 1.15 bits per heavy atom. The Balaban J connectivity index is 4.13. The lowest BCUT2D eigenvalue weighted by Crippen LogP contribution is -1.92. The Morgan fingerprint density at radius 3 is 2.23 bits per heavy atom. The molecule has 0 aliphatic heterocycles. The van der Waals surface area contributed by atoms with Crippen LogP contribution in [0, 0.1) is 5.92 Å². The predicted octanol–water partition coefficient (Wildman–Crippen LogP) is 4.50. The first kappa shape index (κ1) is 12.2. The van der Waals surface area contributed by atoms with E-state index in [1.54, 1.807) is 0 Å². The van der Waals surface area contributed by atoms with E-state index in [4.69, 9.17) is 0 Å². The van der Waals surface area contributed by atoms with Crippen LogP contribution in [-0.2, 0) is 0 Å². The molecule has 74 valence electrons. The van der Waals surface area contributed by atoms with Crippen molar-refractivity contribution in [2.45, 2.75) is 41.0 Å². The number of allylic oxidation sites excluding steroid dienone is 6. The molecular weight excluding hydrogens is 156 g/mol. The highest BCUT2D eigenvalue weighted by molar-refractivity contribution is 5.16. The van der Waals surface area contributed by atoms with Crippen LogP contribution in [0.1, 0.15) is 41.0 Å². The first-order chi connectivity index (χ1) is 6.09. The lowest BCUT2D eigenvalue weighted by molar-refractivity contribution is 0.752. The predicted molar refractivity (Wildman–Crippen MR) is 61.8 cm³/mol. The maximum absolute atomic E-state index is 2.24. The summed E-state index contributed by atoms with van der Waals surface area (Å²) >= 11 is 0. The molecule has 0 unspecified atom stereocenters. The summed E-state index contributed by atoms with van der Waals surface area (Å²) in [5.74, 6) is 0.676. The summed E-state index contributed by atoms with van der Waals surface area (Å²) in [6, 6.07) is 0. The van der Waals surface area contributed by atoms with Gasteiger partial charge in [-0.25, -0.2) is 0 Å². The van der Waals surface area contributed by atoms with Crippen molar-refractivity contribution in [3.63, 3.8) is 0 Å². The van der Waals surface area contributed by atoms with E-state index in [9.17, 15) is 0 Å². The molecule has 0 aromatic rings. The third-order valence-corrected chi connectivity index (χ3v) is 2.40. The van der Waals surface area contributed by atoms with Gasteiger partial charge in [0, 0.05) is 0 Å². The van der Waals surface area contributed by atoms with Gasteiger partial charge in [0.2, 0.25) is 0 Å². The second-order valence-corrected chi connectivity index (χ2v) is 3.78. The Bertz CT molecular complexity index is 214. The van der Waals surface area contributed by atoms with Crippen molar-refractivity contribution in [1.82, 2.24) is 0 Å². The van der Waals surface area contributed by atoms with Gasteiger partial charge in [-0.3, -0.25) is 0 Å². The van der Waals surface area contributed by atoms with E-state index in [1.807, 2.05) is 13.0 Å². The molecule has 0 aromatic heterocycles. The van der Waals surface area contributed by atoms with Crippen molar-refractivity contribution < 1.29 is 0 Å². The quantitative estimate of drug-likeness (QED) is 0.439. The van der Waals surface area contributed by atoms with E-state index in [0.717, 1.165) is 6.42 Å². The van der Waals surface area contributed by atoms with E-state index >= 15 is 0 Å². The highest BCUT2D eigenvalue weighted by Crippen LogP contribution is 2.16. The van der Waals surface area contributed by atoms with Gasteiger partial charge in [0.05, 0.1) is 0 Å². The van der Waals surface area contributed by atoms with E-state index in [1.165, 1.54) is 11.1 Å². The van der Waals surface area contributed by atoms with Gasteiger partial charge in [-0.05, 0) is 33.1 Å². The first-order valence-corrected chi connectivity index (χ1v) is 5.03. The summed E-state index contributed by atoms with van der Waals surface area (Å²) in [5.41, 5.74) is 3.01. The van der Waals surface area contributed by atoms with E-state index in [2.05, 4.69) is 45.9 Å². The normalized spacial score (nSPS) is 14.6. The first-order valence-electron chi connectivity index (χ1n) is 5.03. The fourth-order valence-electron chi connectivity index (χ4n) is 1.09. The number of rotatable bonds is 4. The molecule has 0 amide bonds. The zero-order chi connectivity index (χ0) is 10.3. The van der Waals surface area contributed by atoms with Crippen LogP contribution in [0.3, 0.4) is 0 Å². The van der Waals surface area contributed by atoms with E-state index in [0.29, 0.717) is 5.92 Å². The Kier molecular flexibility index (Phi) is 6.30. The Labute approximate surface area is 83.0 Å². The molecule has 0 aliphatic carbocycles. The molecule has 0 saturated heterocycles. The molecular formula is C13H22. The molecule has 0 N–H and O–H groups in total. The molecule has 0 atom stereocenters. The van der Waals surface area contributed by atoms with Gasteiger partial charge in [-0.15, -0.1) is 0 Å². The lowest BCUT2D eigenvalue weighted by Gasteiger charge is -2.08. The zero-order valence-electron chi connectivity index (χ0n) is 9.59. The summed E-state index contributed by atoms with van der Waals surface area (Å²) in [6.07, 6.45) is 9.51. The standard InChI is InChI=1S/C13H22/c1-6-7-8-9-10-12(4)13(5)11(2)3/h6-9,11H,10H2,1-5H3. The van der Waals surface area contributed by atoms with Gasteiger partial charge in [0.1, 0.15) is 0 Å². The molecule has 0 spiro atoms. The molecule has 0 aliphatic rings. The highest BCUT2D eigenvalue weighted by atomic mass is 14.1. The van der Waals surface area contributed by atoms with E-state index in [-0.39, 0.29) is 0 Å². The summed E-state index contributed by atoms with van der Waals surface area (Å²) < 4.78 is 0. The third-order valence-electron chi connectivity index (χ3n) is 2.40. The van der Waals surface area contributed by atoms with Gasteiger partial charge in [0.25, 0.3) is 0 Å². The van der Waals surface area contributed by atoms with Crippen LogP contribution in [-0.4, -0.2) is 0 Å². The van der Waals surface area contributed by atoms with Crippen molar-refractivity contribution in [1.29, 1.82) is 0 Å². The molecule has 0 radical (unpaired) electrons. The highest BCUT2D eigenvalue weighted by Gasteiger charge is 1.99. The number of hydrogen-bond donors (Lipinski definition) is 0. The molecule has 13 heavy (non-hydrogen) atoms. The van der Waals surface area contributed by atoms with Crippen molar-refractivity contribution in [3.8, 4) is 0 Å². The van der Waals surface area contributed by atoms with E-state index < -0.39 is 0 Å². The largest absolute Gasteiger partial charge is 0.0877 e. The van der Waals surface area contributed by atoms with Gasteiger partial charge in [0.15, 0.2) is 0 Å². The van der Waals surface area contributed by atoms with Crippen LogP contribution in [0.15, 0.2) is 35.5 Å². The van der Waals surface area contributed by atoms with Crippen molar-refractivity contribution >= 4 is 0 Å². The molecule has 0 nitrogen and oxygen atoms in total. The molecule has 0 saturated carbocycles. The van der Waals surface area contributed by atoms with Crippen molar-refractivity contribution in [2.75, 3.05) is 0 Å². The van der Waals surface area contributed by atoms with Gasteiger partial charge < -0.3 is 0 Å². The summed E-state index contributed by atoms with van der Waals surface area (Å²) in [4.78, 5) is 0. The van der Waals surface area contributed by atoms with Crippen LogP contribution in [0.4, 0.5) is 0 Å². The number of hydrogen-bond acceptors (Lipinski definition) is 0. The Hall–Kier alpha value is -0.780. The maximum atomic E-state index is 2.24. The molecule has 0 heteroatoms. The van der Waals surface area contributed by atoms with Crippen LogP contribution in [0.2, 0.25) is 0 Å². The average Bonchev–Trinajstić information content (AvgIpc) is 2.10. The minimum atomic E-state index is 0.676. The van der Waals surface area contributed by atoms with Gasteiger partial charge in [-0.2, -0.15) is 0 Å². The smallest absolute Gasteiger partial charge is 0.0136 e. The van der Waals surface area contributed by atoms with Crippen LogP contribution >= 0.6 is 0 Å². The average molecular weight is 178 g/mol. The second-order valence-electron chi connectivity index (χ2n) is 3.78. The molecule has 0 heterocycles. The SMILES string of the molecule is CC=CC=CCC(C)=C(C)C(C)C. The third kappa shape index (κ3) is 5.46. The van der Waals surface area contributed by atoms with Crippen LogP contribution < -0.4 is 0 Å². The summed E-state index contributed by atoms with van der Waals surface area (Å²) in [6.45, 7) is 11.0. The second kappa shape index (κ2) is 6.71. The topological polar surface area (TPSA) is 0 Å². The summed E-state index contributed by atoms with van der Waals surface area (Å²) in [5, 5.41) is 0. The van der Waals surface area contributed by atoms with Crippen molar-refractivity contribution in [2.24, 2.45) is 5.92 Å². The van der Waals surface area contributed by atoms with Gasteiger partial charge in [-0.1, -0.05) is 49.3 Å². The molecule has 0 fully saturated rings. The van der Waals surface area contributed by atoms with Gasteiger partial charge >= 0.3 is 0 Å². The van der Waals surface area contributed by atoms with Crippen molar-refractivity contribution in [3.05, 3.63) is 35.5 Å². The lowest BCUT2D eigenvalue weighted by atomic mass is 9.98. The van der Waals surface area contributed by atoms with Crippen LogP contribution in [0.5, 0.6) is 0 Å².